The molecule has 1 aliphatic heterocycles. The first-order valence-corrected chi connectivity index (χ1v) is 10.2. The van der Waals surface area contributed by atoms with Crippen LogP contribution in [0.5, 0.6) is 5.75 Å². The van der Waals surface area contributed by atoms with Crippen LogP contribution in [0.25, 0.3) is 16.9 Å². The number of piperazine rings is 1. The highest BCUT2D eigenvalue weighted by Gasteiger charge is 2.25. The first-order valence-electron chi connectivity index (χ1n) is 10.2. The molecule has 29 heavy (non-hydrogen) atoms. The summed E-state index contributed by atoms with van der Waals surface area (Å²) in [5, 5.41) is 4.55. The largest absolute Gasteiger partial charge is 0.497 e. The average Bonchev–Trinajstić information content (AvgIpc) is 3.23. The molecule has 3 aromatic rings. The number of benzene rings is 2. The maximum Gasteiger partial charge on any atom is 0.118 e. The van der Waals surface area contributed by atoms with Gasteiger partial charge in [-0.15, -0.1) is 0 Å². The van der Waals surface area contributed by atoms with Crippen molar-refractivity contribution >= 4 is 5.69 Å². The van der Waals surface area contributed by atoms with Crippen molar-refractivity contribution in [3.63, 3.8) is 0 Å². The molecule has 2 aromatic carbocycles. The van der Waals surface area contributed by atoms with E-state index in [9.17, 15) is 0 Å². The summed E-state index contributed by atoms with van der Waals surface area (Å²) in [4.78, 5) is 5.03. The van der Waals surface area contributed by atoms with E-state index in [4.69, 9.17) is 4.74 Å². The van der Waals surface area contributed by atoms with Crippen LogP contribution in [-0.2, 0) is 0 Å². The number of methoxy groups -OCH3 is 1. The smallest absolute Gasteiger partial charge is 0.118 e. The lowest BCUT2D eigenvalue weighted by Gasteiger charge is -2.43. The number of ether oxygens (including phenoxy) is 1. The van der Waals surface area contributed by atoms with Gasteiger partial charge in [-0.3, -0.25) is 4.90 Å². The molecule has 4 rings (SSSR count). The van der Waals surface area contributed by atoms with Crippen molar-refractivity contribution in [3.05, 3.63) is 60.8 Å². The van der Waals surface area contributed by atoms with Gasteiger partial charge in [-0.25, -0.2) is 4.68 Å². The minimum atomic E-state index is 0.244. The van der Waals surface area contributed by atoms with Gasteiger partial charge in [-0.05, 0) is 75.4 Å². The fraction of sp³-hybridized carbons (Fsp3) is 0.375. The maximum absolute atomic E-state index is 5.27. The van der Waals surface area contributed by atoms with Crippen molar-refractivity contribution in [2.75, 3.05) is 38.2 Å². The number of nitrogens with zero attached hydrogens (tertiary/aromatic N) is 4. The summed E-state index contributed by atoms with van der Waals surface area (Å²) in [6.45, 7) is 11.2. The molecule has 5 nitrogen and oxygen atoms in total. The van der Waals surface area contributed by atoms with Crippen LogP contribution in [0.2, 0.25) is 0 Å². The van der Waals surface area contributed by atoms with E-state index >= 15 is 0 Å². The summed E-state index contributed by atoms with van der Waals surface area (Å²) in [5.41, 5.74) is 4.77. The van der Waals surface area contributed by atoms with Crippen LogP contribution in [0.3, 0.4) is 0 Å². The lowest BCUT2D eigenvalue weighted by Crippen LogP contribution is -2.53. The van der Waals surface area contributed by atoms with Crippen molar-refractivity contribution in [3.8, 4) is 22.7 Å². The zero-order valence-electron chi connectivity index (χ0n) is 17.8. The van der Waals surface area contributed by atoms with Gasteiger partial charge in [0.1, 0.15) is 5.75 Å². The molecule has 1 saturated heterocycles. The Hall–Kier alpha value is -2.79. The molecule has 0 N–H and O–H groups in total. The number of hydrogen-bond acceptors (Lipinski definition) is 4. The molecule has 0 radical (unpaired) electrons. The van der Waals surface area contributed by atoms with Crippen LogP contribution in [0.1, 0.15) is 20.8 Å². The van der Waals surface area contributed by atoms with Gasteiger partial charge in [0.05, 0.1) is 24.7 Å². The van der Waals surface area contributed by atoms with Gasteiger partial charge in [0.15, 0.2) is 0 Å². The predicted molar refractivity (Wildman–Crippen MR) is 119 cm³/mol. The van der Waals surface area contributed by atoms with Crippen molar-refractivity contribution in [2.24, 2.45) is 0 Å². The molecule has 0 bridgehead atoms. The summed E-state index contributed by atoms with van der Waals surface area (Å²) in [6.07, 6.45) is 1.85. The molecule has 0 amide bonds. The van der Waals surface area contributed by atoms with E-state index in [2.05, 4.69) is 72.1 Å². The fourth-order valence-corrected chi connectivity index (χ4v) is 3.93. The molecule has 0 spiro atoms. The first-order chi connectivity index (χ1) is 14.0. The third kappa shape index (κ3) is 4.15. The van der Waals surface area contributed by atoms with Gasteiger partial charge in [-0.1, -0.05) is 0 Å². The number of hydrogen-bond donors (Lipinski definition) is 0. The second-order valence-electron chi connectivity index (χ2n) is 8.52. The van der Waals surface area contributed by atoms with E-state index in [1.165, 1.54) is 5.69 Å². The van der Waals surface area contributed by atoms with Crippen LogP contribution in [-0.4, -0.2) is 53.5 Å². The number of anilines is 1. The average molecular weight is 391 g/mol. The molecule has 0 saturated carbocycles. The number of rotatable bonds is 4. The van der Waals surface area contributed by atoms with Gasteiger partial charge >= 0.3 is 0 Å². The Labute approximate surface area is 173 Å². The van der Waals surface area contributed by atoms with Crippen molar-refractivity contribution in [1.29, 1.82) is 0 Å². The van der Waals surface area contributed by atoms with Crippen LogP contribution in [0.4, 0.5) is 5.69 Å². The summed E-state index contributed by atoms with van der Waals surface area (Å²) < 4.78 is 7.26. The summed E-state index contributed by atoms with van der Waals surface area (Å²) in [5.74, 6) is 0.857. The highest BCUT2D eigenvalue weighted by Crippen LogP contribution is 2.26. The standard InChI is InChI=1S/C24H30N4O/c1-24(2,3)27-17-15-26(16-18-27)20-7-9-21(10-8-20)28-23(13-14-25-28)19-5-11-22(29-4)12-6-19/h5-14H,15-18H2,1-4H3. The molecular weight excluding hydrogens is 360 g/mol. The highest BCUT2D eigenvalue weighted by atomic mass is 16.5. The van der Waals surface area contributed by atoms with E-state index in [-0.39, 0.29) is 5.54 Å². The minimum absolute atomic E-state index is 0.244. The summed E-state index contributed by atoms with van der Waals surface area (Å²) in [6, 6.07) is 18.9. The summed E-state index contributed by atoms with van der Waals surface area (Å²) >= 11 is 0. The van der Waals surface area contributed by atoms with Gasteiger partial charge in [0, 0.05) is 43.0 Å². The molecule has 152 valence electrons. The summed E-state index contributed by atoms with van der Waals surface area (Å²) in [7, 11) is 1.68. The van der Waals surface area contributed by atoms with Crippen molar-refractivity contribution in [2.45, 2.75) is 26.3 Å². The van der Waals surface area contributed by atoms with Crippen LogP contribution >= 0.6 is 0 Å². The molecule has 1 aromatic heterocycles. The lowest BCUT2D eigenvalue weighted by molar-refractivity contribution is 0.128. The Morgan fingerprint density at radius 2 is 1.41 bits per heavy atom. The minimum Gasteiger partial charge on any atom is -0.497 e. The van der Waals surface area contributed by atoms with Gasteiger partial charge < -0.3 is 9.64 Å². The van der Waals surface area contributed by atoms with Crippen molar-refractivity contribution < 1.29 is 4.74 Å². The Bertz CT molecular complexity index is 930. The third-order valence-electron chi connectivity index (χ3n) is 5.72. The topological polar surface area (TPSA) is 33.5 Å². The molecule has 2 heterocycles. The Morgan fingerprint density at radius 1 is 0.793 bits per heavy atom. The maximum atomic E-state index is 5.27. The highest BCUT2D eigenvalue weighted by molar-refractivity contribution is 5.63. The van der Waals surface area contributed by atoms with Crippen LogP contribution in [0.15, 0.2) is 60.8 Å². The normalized spacial score (nSPS) is 15.5. The molecule has 5 heteroatoms. The number of aromatic nitrogens is 2. The molecule has 1 aliphatic rings. The molecular formula is C24H30N4O. The molecule has 1 fully saturated rings. The monoisotopic (exact) mass is 390 g/mol. The van der Waals surface area contributed by atoms with Gasteiger partial charge in [0.25, 0.3) is 0 Å². The van der Waals surface area contributed by atoms with E-state index in [0.29, 0.717) is 0 Å². The Balaban J connectivity index is 1.50. The predicted octanol–water partition coefficient (Wildman–Crippen LogP) is 4.47. The lowest BCUT2D eigenvalue weighted by atomic mass is 10.0. The molecule has 0 aliphatic carbocycles. The van der Waals surface area contributed by atoms with Crippen LogP contribution < -0.4 is 9.64 Å². The zero-order valence-corrected chi connectivity index (χ0v) is 17.8. The SMILES string of the molecule is COc1ccc(-c2ccnn2-c2ccc(N3CCN(C(C)(C)C)CC3)cc2)cc1. The quantitative estimate of drug-likeness (QED) is 0.658. The molecule has 0 unspecified atom stereocenters. The van der Waals surface area contributed by atoms with Gasteiger partial charge in [0.2, 0.25) is 0 Å². The Kier molecular flexibility index (Phi) is 5.33. The molecule has 0 atom stereocenters. The third-order valence-corrected chi connectivity index (χ3v) is 5.72. The Morgan fingerprint density at radius 3 is 2.00 bits per heavy atom. The first kappa shape index (κ1) is 19.5. The fourth-order valence-electron chi connectivity index (χ4n) is 3.93. The van der Waals surface area contributed by atoms with E-state index in [1.54, 1.807) is 7.11 Å². The second kappa shape index (κ2) is 7.91. The van der Waals surface area contributed by atoms with E-state index < -0.39 is 0 Å². The van der Waals surface area contributed by atoms with Crippen molar-refractivity contribution in [1.82, 2.24) is 14.7 Å². The second-order valence-corrected chi connectivity index (χ2v) is 8.52. The van der Waals surface area contributed by atoms with Crippen LogP contribution in [0, 0.1) is 0 Å². The zero-order chi connectivity index (χ0) is 20.4. The van der Waals surface area contributed by atoms with Gasteiger partial charge in [-0.2, -0.15) is 5.10 Å². The van der Waals surface area contributed by atoms with E-state index in [1.807, 2.05) is 29.1 Å². The van der Waals surface area contributed by atoms with E-state index in [0.717, 1.165) is 48.9 Å².